The van der Waals surface area contributed by atoms with Gasteiger partial charge in [-0.05, 0) is 50.2 Å². The van der Waals surface area contributed by atoms with E-state index in [4.69, 9.17) is 0 Å². The van der Waals surface area contributed by atoms with Gasteiger partial charge in [-0.2, -0.15) is 0 Å². The smallest absolute Gasteiger partial charge is 0.138 e. The van der Waals surface area contributed by atoms with Crippen LogP contribution in [0.25, 0.3) is 0 Å². The van der Waals surface area contributed by atoms with Gasteiger partial charge in [0.2, 0.25) is 0 Å². The van der Waals surface area contributed by atoms with Crippen LogP contribution >= 0.6 is 23.5 Å². The van der Waals surface area contributed by atoms with Crippen molar-refractivity contribution < 1.29 is 8.78 Å². The van der Waals surface area contributed by atoms with E-state index < -0.39 is 11.6 Å². The van der Waals surface area contributed by atoms with Crippen LogP contribution in [-0.4, -0.2) is 0 Å². The predicted molar refractivity (Wildman–Crippen MR) is 97.0 cm³/mol. The van der Waals surface area contributed by atoms with Gasteiger partial charge in [0.05, 0.1) is 9.79 Å². The number of hydrogen-bond donors (Lipinski definition) is 0. The van der Waals surface area contributed by atoms with E-state index in [-0.39, 0.29) is 0 Å². The van der Waals surface area contributed by atoms with Crippen molar-refractivity contribution in [3.63, 3.8) is 0 Å². The molecule has 3 aromatic rings. The number of halogens is 2. The molecular formula is C20H16F2S2. The Morgan fingerprint density at radius 2 is 0.917 bits per heavy atom. The molecule has 0 saturated carbocycles. The molecule has 0 radical (unpaired) electrons. The fourth-order valence-electron chi connectivity index (χ4n) is 2.13. The highest BCUT2D eigenvalue weighted by atomic mass is 32.2. The summed E-state index contributed by atoms with van der Waals surface area (Å²) >= 11 is 2.46. The first-order valence-corrected chi connectivity index (χ1v) is 9.12. The standard InChI is InChI=1S/C20H16F2S2/c1-13-3-7-15(8-4-13)23-19-11-18(22)20(12-17(19)21)24-16-9-5-14(2)6-10-16/h3-12H,1-2H3. The SMILES string of the molecule is Cc1ccc(Sc2cc(F)c(Sc3ccc(C)cc3)cc2F)cc1. The quantitative estimate of drug-likeness (QED) is 0.498. The first kappa shape index (κ1) is 17.1. The largest absolute Gasteiger partial charge is 0.206 e. The second kappa shape index (κ2) is 7.41. The molecule has 0 bridgehead atoms. The third kappa shape index (κ3) is 4.19. The van der Waals surface area contributed by atoms with E-state index in [1.165, 1.54) is 35.7 Å². The van der Waals surface area contributed by atoms with Crippen LogP contribution in [0.5, 0.6) is 0 Å². The van der Waals surface area contributed by atoms with Crippen LogP contribution in [0, 0.1) is 25.5 Å². The van der Waals surface area contributed by atoms with Crippen molar-refractivity contribution in [3.05, 3.63) is 83.4 Å². The van der Waals surface area contributed by atoms with Crippen LogP contribution in [-0.2, 0) is 0 Å². The maximum atomic E-state index is 14.4. The number of rotatable bonds is 4. The molecule has 0 amide bonds. The molecule has 24 heavy (non-hydrogen) atoms. The minimum Gasteiger partial charge on any atom is -0.206 e. The first-order valence-electron chi connectivity index (χ1n) is 7.49. The van der Waals surface area contributed by atoms with Crippen LogP contribution in [0.1, 0.15) is 11.1 Å². The Hall–Kier alpha value is -1.78. The van der Waals surface area contributed by atoms with Gasteiger partial charge in [0, 0.05) is 9.79 Å². The third-order valence-corrected chi connectivity index (χ3v) is 5.57. The zero-order valence-electron chi connectivity index (χ0n) is 13.3. The summed E-state index contributed by atoms with van der Waals surface area (Å²) in [6, 6.07) is 18.0. The monoisotopic (exact) mass is 358 g/mol. The molecule has 0 spiro atoms. The molecule has 0 N–H and O–H groups in total. The van der Waals surface area contributed by atoms with E-state index in [1.54, 1.807) is 0 Å². The Kier molecular flexibility index (Phi) is 5.27. The van der Waals surface area contributed by atoms with Gasteiger partial charge in [0.1, 0.15) is 11.6 Å². The highest BCUT2D eigenvalue weighted by Crippen LogP contribution is 2.36. The molecule has 4 heteroatoms. The number of hydrogen-bond acceptors (Lipinski definition) is 2. The van der Waals surface area contributed by atoms with Gasteiger partial charge in [-0.25, -0.2) is 8.78 Å². The van der Waals surface area contributed by atoms with Gasteiger partial charge in [-0.15, -0.1) is 0 Å². The summed E-state index contributed by atoms with van der Waals surface area (Å²) in [7, 11) is 0. The number of aryl methyl sites for hydroxylation is 2. The topological polar surface area (TPSA) is 0 Å². The lowest BCUT2D eigenvalue weighted by Crippen LogP contribution is -1.89. The lowest BCUT2D eigenvalue weighted by atomic mass is 10.2. The molecule has 0 aliphatic rings. The predicted octanol–water partition coefficient (Wildman–Crippen LogP) is 6.88. The second-order valence-corrected chi connectivity index (χ2v) is 7.77. The summed E-state index contributed by atoms with van der Waals surface area (Å²) in [4.78, 5) is 2.37. The van der Waals surface area contributed by atoms with Crippen molar-refractivity contribution in [3.8, 4) is 0 Å². The lowest BCUT2D eigenvalue weighted by molar-refractivity contribution is 0.557. The van der Waals surface area contributed by atoms with E-state index in [0.29, 0.717) is 9.79 Å². The van der Waals surface area contributed by atoms with Crippen molar-refractivity contribution in [1.82, 2.24) is 0 Å². The summed E-state index contributed by atoms with van der Waals surface area (Å²) in [5.74, 6) is -0.812. The van der Waals surface area contributed by atoms with E-state index in [9.17, 15) is 8.78 Å². The van der Waals surface area contributed by atoms with Crippen LogP contribution in [0.4, 0.5) is 8.78 Å². The van der Waals surface area contributed by atoms with E-state index in [2.05, 4.69) is 0 Å². The highest BCUT2D eigenvalue weighted by molar-refractivity contribution is 7.99. The Morgan fingerprint density at radius 1 is 0.583 bits per heavy atom. The van der Waals surface area contributed by atoms with Crippen LogP contribution in [0.2, 0.25) is 0 Å². The molecule has 0 fully saturated rings. The lowest BCUT2D eigenvalue weighted by Gasteiger charge is -2.08. The summed E-state index contributed by atoms with van der Waals surface area (Å²) < 4.78 is 28.7. The Balaban J connectivity index is 1.82. The van der Waals surface area contributed by atoms with E-state index >= 15 is 0 Å². The molecule has 0 aromatic heterocycles. The van der Waals surface area contributed by atoms with Gasteiger partial charge < -0.3 is 0 Å². The van der Waals surface area contributed by atoms with Gasteiger partial charge in [0.25, 0.3) is 0 Å². The van der Waals surface area contributed by atoms with E-state index in [1.807, 2.05) is 62.4 Å². The average molecular weight is 358 g/mol. The van der Waals surface area contributed by atoms with Gasteiger partial charge in [-0.3, -0.25) is 0 Å². The average Bonchev–Trinajstić information content (AvgIpc) is 2.56. The zero-order chi connectivity index (χ0) is 17.1. The number of benzene rings is 3. The molecule has 0 saturated heterocycles. The minimum atomic E-state index is -0.406. The maximum absolute atomic E-state index is 14.4. The molecule has 3 aromatic carbocycles. The Labute approximate surface area is 149 Å². The van der Waals surface area contributed by atoms with Crippen molar-refractivity contribution in [2.45, 2.75) is 33.4 Å². The summed E-state index contributed by atoms with van der Waals surface area (Å²) in [5.41, 5.74) is 2.27. The molecule has 0 atom stereocenters. The first-order chi connectivity index (χ1) is 11.5. The second-order valence-electron chi connectivity index (χ2n) is 5.54. The molecule has 122 valence electrons. The van der Waals surface area contributed by atoms with Crippen molar-refractivity contribution in [2.24, 2.45) is 0 Å². The van der Waals surface area contributed by atoms with Gasteiger partial charge in [0.15, 0.2) is 0 Å². The van der Waals surface area contributed by atoms with Gasteiger partial charge >= 0.3 is 0 Å². The summed E-state index contributed by atoms with van der Waals surface area (Å²) in [6.45, 7) is 3.98. The summed E-state index contributed by atoms with van der Waals surface area (Å²) in [6.07, 6.45) is 0. The van der Waals surface area contributed by atoms with E-state index in [0.717, 1.165) is 20.9 Å². The molecule has 0 unspecified atom stereocenters. The molecule has 0 aliphatic carbocycles. The van der Waals surface area contributed by atoms with Crippen LogP contribution in [0.3, 0.4) is 0 Å². The molecular weight excluding hydrogens is 342 g/mol. The van der Waals surface area contributed by atoms with Crippen molar-refractivity contribution >= 4 is 23.5 Å². The van der Waals surface area contributed by atoms with Crippen molar-refractivity contribution in [2.75, 3.05) is 0 Å². The maximum Gasteiger partial charge on any atom is 0.138 e. The zero-order valence-corrected chi connectivity index (χ0v) is 15.0. The minimum absolute atomic E-state index is 0.296. The van der Waals surface area contributed by atoms with Crippen LogP contribution < -0.4 is 0 Å². The Morgan fingerprint density at radius 3 is 1.25 bits per heavy atom. The van der Waals surface area contributed by atoms with Crippen molar-refractivity contribution in [1.29, 1.82) is 0 Å². The molecule has 0 nitrogen and oxygen atoms in total. The fourth-order valence-corrected chi connectivity index (χ4v) is 3.82. The summed E-state index contributed by atoms with van der Waals surface area (Å²) in [5, 5.41) is 0. The van der Waals surface area contributed by atoms with Gasteiger partial charge in [-0.1, -0.05) is 58.9 Å². The van der Waals surface area contributed by atoms with Crippen LogP contribution in [0.15, 0.2) is 80.2 Å². The Bertz CT molecular complexity index is 768. The fraction of sp³-hybridized carbons (Fsp3) is 0.100. The molecule has 0 aliphatic heterocycles. The highest BCUT2D eigenvalue weighted by Gasteiger charge is 2.12. The third-order valence-electron chi connectivity index (χ3n) is 3.48. The molecule has 3 rings (SSSR count). The molecule has 0 heterocycles. The normalized spacial score (nSPS) is 10.8.